The second-order valence-electron chi connectivity index (χ2n) is 4.48. The molecule has 0 radical (unpaired) electrons. The first-order chi connectivity index (χ1) is 9.08. The number of nitrogens with zero attached hydrogens (tertiary/aromatic N) is 1. The highest BCUT2D eigenvalue weighted by atomic mass is 79.9. The van der Waals surface area contributed by atoms with E-state index >= 15 is 0 Å². The summed E-state index contributed by atoms with van der Waals surface area (Å²) in [5.74, 6) is -1.56. The molecule has 2 aromatic rings. The Labute approximate surface area is 120 Å². The Hall–Kier alpha value is -1.26. The Kier molecular flexibility index (Phi) is 4.66. The fourth-order valence-corrected chi connectivity index (χ4v) is 2.34. The van der Waals surface area contributed by atoms with E-state index in [1.807, 2.05) is 36.2 Å². The Morgan fingerprint density at radius 1 is 0.947 bits per heavy atom. The molecule has 0 atom stereocenters. The average Bonchev–Trinajstić information content (AvgIpc) is 2.38. The van der Waals surface area contributed by atoms with E-state index in [1.54, 1.807) is 6.07 Å². The predicted octanol–water partition coefficient (Wildman–Crippen LogP) is 4.36. The van der Waals surface area contributed by atoms with Crippen molar-refractivity contribution in [1.82, 2.24) is 4.90 Å². The van der Waals surface area contributed by atoms with Crippen LogP contribution in [0.1, 0.15) is 11.1 Å². The van der Waals surface area contributed by atoms with Crippen LogP contribution >= 0.6 is 15.9 Å². The molecule has 4 heteroatoms. The molecule has 100 valence electrons. The normalized spacial score (nSPS) is 11.0. The predicted molar refractivity (Wildman–Crippen MR) is 75.7 cm³/mol. The van der Waals surface area contributed by atoms with E-state index in [9.17, 15) is 8.78 Å². The Morgan fingerprint density at radius 2 is 1.58 bits per heavy atom. The Morgan fingerprint density at radius 3 is 2.32 bits per heavy atom. The van der Waals surface area contributed by atoms with Crippen molar-refractivity contribution in [2.75, 3.05) is 7.05 Å². The van der Waals surface area contributed by atoms with Gasteiger partial charge in [-0.2, -0.15) is 0 Å². The van der Waals surface area contributed by atoms with Gasteiger partial charge in [-0.3, -0.25) is 4.90 Å². The van der Waals surface area contributed by atoms with Gasteiger partial charge in [-0.1, -0.05) is 46.3 Å². The SMILES string of the molecule is CN(Cc1ccccc1Br)Cc1cccc(F)c1F. The van der Waals surface area contributed by atoms with Crippen molar-refractivity contribution in [3.63, 3.8) is 0 Å². The zero-order valence-electron chi connectivity index (χ0n) is 10.5. The van der Waals surface area contributed by atoms with Crippen LogP contribution in [0, 0.1) is 11.6 Å². The van der Waals surface area contributed by atoms with Crippen molar-refractivity contribution in [2.24, 2.45) is 0 Å². The van der Waals surface area contributed by atoms with Crippen molar-refractivity contribution in [3.8, 4) is 0 Å². The topological polar surface area (TPSA) is 3.24 Å². The van der Waals surface area contributed by atoms with Gasteiger partial charge in [-0.05, 0) is 24.7 Å². The van der Waals surface area contributed by atoms with E-state index in [1.165, 1.54) is 6.07 Å². The molecule has 0 unspecified atom stereocenters. The third kappa shape index (κ3) is 3.61. The van der Waals surface area contributed by atoms with Crippen LogP contribution in [0.25, 0.3) is 0 Å². The molecule has 0 saturated heterocycles. The van der Waals surface area contributed by atoms with E-state index in [0.717, 1.165) is 16.1 Å². The molecule has 2 rings (SSSR count). The molecule has 0 aliphatic carbocycles. The summed E-state index contributed by atoms with van der Waals surface area (Å²) in [6.45, 7) is 1.03. The zero-order valence-corrected chi connectivity index (χ0v) is 12.1. The van der Waals surface area contributed by atoms with Gasteiger partial charge in [0.15, 0.2) is 11.6 Å². The summed E-state index contributed by atoms with van der Waals surface area (Å²) in [4.78, 5) is 1.94. The van der Waals surface area contributed by atoms with Gasteiger partial charge in [-0.15, -0.1) is 0 Å². The minimum atomic E-state index is -0.799. The van der Waals surface area contributed by atoms with Crippen molar-refractivity contribution in [1.29, 1.82) is 0 Å². The lowest BCUT2D eigenvalue weighted by molar-refractivity contribution is 0.310. The molecule has 0 saturated carbocycles. The minimum absolute atomic E-state index is 0.366. The number of rotatable bonds is 4. The van der Waals surface area contributed by atoms with Crippen LogP contribution in [0.5, 0.6) is 0 Å². The summed E-state index contributed by atoms with van der Waals surface area (Å²) in [6.07, 6.45) is 0. The van der Waals surface area contributed by atoms with Crippen molar-refractivity contribution in [2.45, 2.75) is 13.1 Å². The van der Waals surface area contributed by atoms with E-state index in [0.29, 0.717) is 18.7 Å². The molecule has 1 nitrogen and oxygen atoms in total. The zero-order chi connectivity index (χ0) is 13.8. The van der Waals surface area contributed by atoms with Crippen LogP contribution in [0.2, 0.25) is 0 Å². The van der Waals surface area contributed by atoms with Gasteiger partial charge >= 0.3 is 0 Å². The van der Waals surface area contributed by atoms with Crippen LogP contribution in [-0.4, -0.2) is 11.9 Å². The number of hydrogen-bond acceptors (Lipinski definition) is 1. The third-order valence-corrected chi connectivity index (χ3v) is 3.64. The molecule has 0 N–H and O–H groups in total. The fourth-order valence-electron chi connectivity index (χ4n) is 1.93. The van der Waals surface area contributed by atoms with E-state index in [2.05, 4.69) is 15.9 Å². The highest BCUT2D eigenvalue weighted by Crippen LogP contribution is 2.19. The number of halogens is 3. The summed E-state index contributed by atoms with van der Waals surface area (Å²) in [5.41, 5.74) is 1.48. The van der Waals surface area contributed by atoms with E-state index in [-0.39, 0.29) is 0 Å². The number of hydrogen-bond donors (Lipinski definition) is 0. The third-order valence-electron chi connectivity index (χ3n) is 2.87. The monoisotopic (exact) mass is 325 g/mol. The van der Waals surface area contributed by atoms with Crippen molar-refractivity contribution in [3.05, 3.63) is 69.7 Å². The molecule has 0 spiro atoms. The highest BCUT2D eigenvalue weighted by Gasteiger charge is 2.10. The first-order valence-electron chi connectivity index (χ1n) is 5.93. The molecule has 0 aromatic heterocycles. The average molecular weight is 326 g/mol. The lowest BCUT2D eigenvalue weighted by Crippen LogP contribution is -2.18. The summed E-state index contributed by atoms with van der Waals surface area (Å²) in [5, 5.41) is 0. The van der Waals surface area contributed by atoms with Crippen LogP contribution in [0.4, 0.5) is 8.78 Å². The summed E-state index contributed by atoms with van der Waals surface area (Å²) >= 11 is 3.48. The second kappa shape index (κ2) is 6.26. The lowest BCUT2D eigenvalue weighted by atomic mass is 10.1. The quantitative estimate of drug-likeness (QED) is 0.807. The van der Waals surface area contributed by atoms with Gasteiger partial charge in [0.2, 0.25) is 0 Å². The molecule has 0 fully saturated rings. The summed E-state index contributed by atoms with van der Waals surface area (Å²) in [7, 11) is 1.88. The van der Waals surface area contributed by atoms with Crippen LogP contribution in [0.3, 0.4) is 0 Å². The summed E-state index contributed by atoms with van der Waals surface area (Å²) < 4.78 is 27.7. The van der Waals surface area contributed by atoms with Crippen LogP contribution in [-0.2, 0) is 13.1 Å². The maximum absolute atomic E-state index is 13.6. The van der Waals surface area contributed by atoms with Crippen molar-refractivity contribution < 1.29 is 8.78 Å². The number of benzene rings is 2. The van der Waals surface area contributed by atoms with E-state index in [4.69, 9.17) is 0 Å². The molecule has 0 aliphatic heterocycles. The maximum atomic E-state index is 13.6. The van der Waals surface area contributed by atoms with Gasteiger partial charge in [0.25, 0.3) is 0 Å². The van der Waals surface area contributed by atoms with Gasteiger partial charge < -0.3 is 0 Å². The van der Waals surface area contributed by atoms with E-state index < -0.39 is 11.6 Å². The molecule has 0 aliphatic rings. The molecule has 0 heterocycles. The largest absolute Gasteiger partial charge is 0.298 e. The minimum Gasteiger partial charge on any atom is -0.298 e. The molecule has 2 aromatic carbocycles. The summed E-state index contributed by atoms with van der Waals surface area (Å²) in [6, 6.07) is 12.1. The van der Waals surface area contributed by atoms with Crippen LogP contribution in [0.15, 0.2) is 46.9 Å². The Bertz CT molecular complexity index is 572. The fraction of sp³-hybridized carbons (Fsp3) is 0.200. The standard InChI is InChI=1S/C15H14BrF2N/c1-19(9-11-5-2-3-7-13(11)16)10-12-6-4-8-14(17)15(12)18/h2-8H,9-10H2,1H3. The highest BCUT2D eigenvalue weighted by molar-refractivity contribution is 9.10. The Balaban J connectivity index is 2.08. The van der Waals surface area contributed by atoms with Gasteiger partial charge in [0.1, 0.15) is 0 Å². The van der Waals surface area contributed by atoms with Crippen molar-refractivity contribution >= 4 is 15.9 Å². The molecule has 0 bridgehead atoms. The first kappa shape index (κ1) is 14.2. The lowest BCUT2D eigenvalue weighted by Gasteiger charge is -2.18. The maximum Gasteiger partial charge on any atom is 0.163 e. The molecular formula is C15H14BrF2N. The molecule has 19 heavy (non-hydrogen) atoms. The van der Waals surface area contributed by atoms with Crippen LogP contribution < -0.4 is 0 Å². The molecular weight excluding hydrogens is 312 g/mol. The second-order valence-corrected chi connectivity index (χ2v) is 5.33. The molecule has 0 amide bonds. The first-order valence-corrected chi connectivity index (χ1v) is 6.72. The van der Waals surface area contributed by atoms with Gasteiger partial charge in [-0.25, -0.2) is 8.78 Å². The van der Waals surface area contributed by atoms with Gasteiger partial charge in [0.05, 0.1) is 0 Å². The van der Waals surface area contributed by atoms with Gasteiger partial charge in [0, 0.05) is 23.1 Å². The smallest absolute Gasteiger partial charge is 0.163 e.